The summed E-state index contributed by atoms with van der Waals surface area (Å²) in [5.41, 5.74) is 1.03. The fraction of sp³-hybridized carbons (Fsp3) is 0.188. The van der Waals surface area contributed by atoms with Gasteiger partial charge in [0.05, 0.1) is 0 Å². The third-order valence-corrected chi connectivity index (χ3v) is 3.70. The molecule has 0 radical (unpaired) electrons. The van der Waals surface area contributed by atoms with Crippen molar-refractivity contribution in [3.8, 4) is 0 Å². The molecule has 0 saturated carbocycles. The van der Waals surface area contributed by atoms with Crippen LogP contribution in [0, 0.1) is 0 Å². The highest BCUT2D eigenvalue weighted by molar-refractivity contribution is 7.99. The van der Waals surface area contributed by atoms with Crippen LogP contribution in [0.3, 0.4) is 0 Å². The molecule has 2 aromatic carbocycles. The number of hydrogen-bond donors (Lipinski definition) is 0. The summed E-state index contributed by atoms with van der Waals surface area (Å²) in [5, 5.41) is 0. The topological polar surface area (TPSA) is 26.3 Å². The van der Waals surface area contributed by atoms with Gasteiger partial charge in [-0.15, -0.1) is 11.8 Å². The van der Waals surface area contributed by atoms with E-state index in [1.807, 2.05) is 48.5 Å². The number of thioether (sulfide) groups is 1. The van der Waals surface area contributed by atoms with Gasteiger partial charge >= 0.3 is 5.97 Å². The summed E-state index contributed by atoms with van der Waals surface area (Å²) in [6.07, 6.45) is -0.205. The van der Waals surface area contributed by atoms with Crippen LogP contribution in [0.2, 0.25) is 0 Å². The molecule has 2 rings (SSSR count). The van der Waals surface area contributed by atoms with Crippen molar-refractivity contribution in [3.63, 3.8) is 0 Å². The molecule has 0 aliphatic heterocycles. The minimum absolute atomic E-state index is 0.205. The van der Waals surface area contributed by atoms with E-state index in [1.54, 1.807) is 11.8 Å². The van der Waals surface area contributed by atoms with Gasteiger partial charge < -0.3 is 4.74 Å². The van der Waals surface area contributed by atoms with E-state index in [1.165, 1.54) is 11.8 Å². The maximum atomic E-state index is 11.2. The molecule has 0 aliphatic carbocycles. The van der Waals surface area contributed by atoms with Gasteiger partial charge in [0, 0.05) is 17.6 Å². The van der Waals surface area contributed by atoms with Gasteiger partial charge in [-0.1, -0.05) is 48.5 Å². The van der Waals surface area contributed by atoms with Crippen LogP contribution in [-0.4, -0.2) is 11.7 Å². The summed E-state index contributed by atoms with van der Waals surface area (Å²) in [6.45, 7) is 1.45. The number of esters is 1. The van der Waals surface area contributed by atoms with Crippen molar-refractivity contribution >= 4 is 17.7 Å². The van der Waals surface area contributed by atoms with E-state index in [0.29, 0.717) is 5.75 Å². The number of carbonyl (C=O) groups is 1. The summed E-state index contributed by atoms with van der Waals surface area (Å²) in [5.74, 6) is 0.468. The third-order valence-electron chi connectivity index (χ3n) is 2.62. The average molecular weight is 272 g/mol. The monoisotopic (exact) mass is 272 g/mol. The second-order valence-electron chi connectivity index (χ2n) is 4.13. The molecular formula is C16H16O2S. The molecule has 0 unspecified atom stereocenters. The number of carbonyl (C=O) groups excluding carboxylic acids is 1. The first-order chi connectivity index (χ1) is 9.25. The van der Waals surface area contributed by atoms with Gasteiger partial charge in [0.1, 0.15) is 6.10 Å². The molecule has 1 atom stereocenters. The predicted octanol–water partition coefficient (Wildman–Crippen LogP) is 4.08. The van der Waals surface area contributed by atoms with Crippen LogP contribution >= 0.6 is 11.8 Å². The van der Waals surface area contributed by atoms with Crippen LogP contribution in [0.5, 0.6) is 0 Å². The van der Waals surface area contributed by atoms with Crippen molar-refractivity contribution in [2.24, 2.45) is 0 Å². The molecule has 0 fully saturated rings. The van der Waals surface area contributed by atoms with E-state index >= 15 is 0 Å². The highest BCUT2D eigenvalue weighted by Crippen LogP contribution is 2.27. The Morgan fingerprint density at radius 2 is 1.63 bits per heavy atom. The molecule has 0 bridgehead atoms. The van der Waals surface area contributed by atoms with Crippen molar-refractivity contribution in [2.45, 2.75) is 17.9 Å². The Morgan fingerprint density at radius 1 is 1.05 bits per heavy atom. The van der Waals surface area contributed by atoms with Gasteiger partial charge in [-0.25, -0.2) is 0 Å². The van der Waals surface area contributed by atoms with Crippen molar-refractivity contribution in [3.05, 3.63) is 66.2 Å². The maximum absolute atomic E-state index is 11.2. The summed E-state index contributed by atoms with van der Waals surface area (Å²) in [7, 11) is 0. The van der Waals surface area contributed by atoms with E-state index < -0.39 is 0 Å². The maximum Gasteiger partial charge on any atom is 0.303 e. The summed E-state index contributed by atoms with van der Waals surface area (Å²) in [4.78, 5) is 12.4. The Hall–Kier alpha value is -1.74. The standard InChI is InChI=1S/C16H16O2S/c1-13(17)18-16(14-8-4-2-5-9-14)12-19-15-10-6-3-7-11-15/h2-11,16H,12H2,1H3/t16-/m0/s1. The van der Waals surface area contributed by atoms with Crippen LogP contribution in [0.1, 0.15) is 18.6 Å². The molecule has 0 spiro atoms. The van der Waals surface area contributed by atoms with Crippen LogP contribution in [0.15, 0.2) is 65.6 Å². The molecule has 0 aromatic heterocycles. The van der Waals surface area contributed by atoms with Crippen molar-refractivity contribution in [1.82, 2.24) is 0 Å². The molecule has 19 heavy (non-hydrogen) atoms. The van der Waals surface area contributed by atoms with Gasteiger partial charge in [0.15, 0.2) is 0 Å². The van der Waals surface area contributed by atoms with Gasteiger partial charge in [-0.05, 0) is 17.7 Å². The van der Waals surface area contributed by atoms with Crippen LogP contribution in [-0.2, 0) is 9.53 Å². The number of hydrogen-bond acceptors (Lipinski definition) is 3. The Balaban J connectivity index is 2.04. The molecule has 0 heterocycles. The molecule has 2 nitrogen and oxygen atoms in total. The zero-order chi connectivity index (χ0) is 13.5. The van der Waals surface area contributed by atoms with Gasteiger partial charge in [-0.2, -0.15) is 0 Å². The Labute approximate surface area is 117 Å². The van der Waals surface area contributed by atoms with Gasteiger partial charge in [-0.3, -0.25) is 4.79 Å². The van der Waals surface area contributed by atoms with Crippen molar-refractivity contribution < 1.29 is 9.53 Å². The van der Waals surface area contributed by atoms with E-state index in [0.717, 1.165) is 5.56 Å². The lowest BCUT2D eigenvalue weighted by molar-refractivity contribution is -0.145. The lowest BCUT2D eigenvalue weighted by atomic mass is 10.1. The fourth-order valence-corrected chi connectivity index (χ4v) is 2.71. The van der Waals surface area contributed by atoms with Crippen LogP contribution in [0.4, 0.5) is 0 Å². The normalized spacial score (nSPS) is 11.8. The van der Waals surface area contributed by atoms with Crippen molar-refractivity contribution in [1.29, 1.82) is 0 Å². The zero-order valence-corrected chi connectivity index (χ0v) is 11.6. The van der Waals surface area contributed by atoms with E-state index in [-0.39, 0.29) is 12.1 Å². The molecule has 98 valence electrons. The largest absolute Gasteiger partial charge is 0.457 e. The lowest BCUT2D eigenvalue weighted by Crippen LogP contribution is -2.10. The number of ether oxygens (including phenoxy) is 1. The van der Waals surface area contributed by atoms with E-state index in [4.69, 9.17) is 4.74 Å². The molecule has 0 N–H and O–H groups in total. The molecule has 0 amide bonds. The average Bonchev–Trinajstić information content (AvgIpc) is 2.45. The predicted molar refractivity (Wildman–Crippen MR) is 78.1 cm³/mol. The molecular weight excluding hydrogens is 256 g/mol. The lowest BCUT2D eigenvalue weighted by Gasteiger charge is -2.17. The Kier molecular flexibility index (Phi) is 5.04. The van der Waals surface area contributed by atoms with Crippen molar-refractivity contribution in [2.75, 3.05) is 5.75 Å². The second kappa shape index (κ2) is 7.00. The summed E-state index contributed by atoms with van der Waals surface area (Å²) >= 11 is 1.69. The SMILES string of the molecule is CC(=O)O[C@@H](CSc1ccccc1)c1ccccc1. The van der Waals surface area contributed by atoms with Gasteiger partial charge in [0.2, 0.25) is 0 Å². The quantitative estimate of drug-likeness (QED) is 0.606. The van der Waals surface area contributed by atoms with Crippen LogP contribution < -0.4 is 0 Å². The minimum Gasteiger partial charge on any atom is -0.457 e. The smallest absolute Gasteiger partial charge is 0.303 e. The highest BCUT2D eigenvalue weighted by Gasteiger charge is 2.14. The number of benzene rings is 2. The Morgan fingerprint density at radius 3 is 2.21 bits per heavy atom. The van der Waals surface area contributed by atoms with E-state index in [2.05, 4.69) is 12.1 Å². The second-order valence-corrected chi connectivity index (χ2v) is 5.23. The third kappa shape index (κ3) is 4.45. The first-order valence-electron chi connectivity index (χ1n) is 6.16. The highest BCUT2D eigenvalue weighted by atomic mass is 32.2. The van der Waals surface area contributed by atoms with E-state index in [9.17, 15) is 4.79 Å². The fourth-order valence-electron chi connectivity index (χ4n) is 1.75. The molecule has 3 heteroatoms. The molecule has 2 aromatic rings. The summed E-state index contributed by atoms with van der Waals surface area (Å²) < 4.78 is 5.40. The minimum atomic E-state index is -0.248. The van der Waals surface area contributed by atoms with Crippen LogP contribution in [0.25, 0.3) is 0 Å². The molecule has 0 aliphatic rings. The van der Waals surface area contributed by atoms with Gasteiger partial charge in [0.25, 0.3) is 0 Å². The summed E-state index contributed by atoms with van der Waals surface area (Å²) in [6, 6.07) is 20.0. The first kappa shape index (κ1) is 13.7. The molecule has 0 saturated heterocycles. The first-order valence-corrected chi connectivity index (χ1v) is 7.14. The number of rotatable bonds is 5. The zero-order valence-electron chi connectivity index (χ0n) is 10.8. The Bertz CT molecular complexity index is 511.